The number of hydrogen-bond donors (Lipinski definition) is 0. The number of benzene rings is 2. The Kier molecular flexibility index (Phi) is 6.50. The van der Waals surface area contributed by atoms with Crippen LogP contribution in [-0.2, 0) is 0 Å². The maximum absolute atomic E-state index is 5.92. The van der Waals surface area contributed by atoms with Crippen molar-refractivity contribution in [3.8, 4) is 0 Å². The second kappa shape index (κ2) is 9.68. The van der Waals surface area contributed by atoms with Crippen molar-refractivity contribution in [1.29, 1.82) is 0 Å². The summed E-state index contributed by atoms with van der Waals surface area (Å²) in [6, 6.07) is 25.8. The molecule has 0 amide bonds. The lowest BCUT2D eigenvalue weighted by molar-refractivity contribution is 0.593. The number of hydrogen-bond acceptors (Lipinski definition) is 2. The molecule has 2 aromatic carbocycles. The minimum absolute atomic E-state index is 0.335. The van der Waals surface area contributed by atoms with Crippen LogP contribution in [0, 0.1) is 19.8 Å². The van der Waals surface area contributed by atoms with E-state index in [9.17, 15) is 0 Å². The van der Waals surface area contributed by atoms with Gasteiger partial charge in [0.25, 0.3) is 0 Å². The molecule has 0 fully saturated rings. The molecule has 165 valence electrons. The van der Waals surface area contributed by atoms with E-state index in [2.05, 4.69) is 99.7 Å². The highest BCUT2D eigenvalue weighted by Crippen LogP contribution is 2.56. The molecule has 0 N–H and O–H groups in total. The molecule has 0 spiro atoms. The maximum Gasteiger partial charge on any atom is 0.137 e. The molecule has 1 aliphatic carbocycles. The van der Waals surface area contributed by atoms with Crippen molar-refractivity contribution in [2.75, 3.05) is 0 Å². The van der Waals surface area contributed by atoms with Gasteiger partial charge in [-0.1, -0.05) is 73.7 Å². The third-order valence-corrected chi connectivity index (χ3v) is 11.5. The van der Waals surface area contributed by atoms with E-state index in [0.717, 1.165) is 11.0 Å². The summed E-state index contributed by atoms with van der Waals surface area (Å²) >= 11 is 0. The lowest BCUT2D eigenvalue weighted by atomic mass is 10.1. The Bertz CT molecular complexity index is 1190. The van der Waals surface area contributed by atoms with E-state index in [1.165, 1.54) is 33.0 Å². The summed E-state index contributed by atoms with van der Waals surface area (Å²) in [7, 11) is -1.50. The second-order valence-electron chi connectivity index (χ2n) is 8.22. The second-order valence-corrected chi connectivity index (χ2v) is 12.7. The molecule has 33 heavy (non-hydrogen) atoms. The van der Waals surface area contributed by atoms with Crippen molar-refractivity contribution in [3.05, 3.63) is 126 Å². The smallest absolute Gasteiger partial charge is 0.137 e. The molecule has 2 aromatic heterocycles. The van der Waals surface area contributed by atoms with Crippen LogP contribution in [0.4, 0.5) is 0 Å². The average Bonchev–Trinajstić information content (AvgIpc) is 3.61. The molecule has 0 bridgehead atoms. The van der Waals surface area contributed by atoms with E-state index in [4.69, 9.17) is 8.83 Å². The Morgan fingerprint density at radius 2 is 1.24 bits per heavy atom. The standard InChI is InChI=1S/C29H27O2P2/c1-21-11-4-6-14-25(21)32(26-15-7-5-12-22(26)2)23(3)24-13-8-16-27(24)33(28-17-9-19-30-28)29-18-10-20-31-29/h4-20,23H,1-3H3/t23-/m1/s1. The molecule has 0 saturated carbocycles. The molecule has 4 aromatic rings. The summed E-state index contributed by atoms with van der Waals surface area (Å²) in [6.07, 6.45) is 10.3. The molecule has 1 aliphatic rings. The first-order valence-corrected chi connectivity index (χ1v) is 13.9. The normalized spacial score (nSPS) is 14.9. The predicted molar refractivity (Wildman–Crippen MR) is 142 cm³/mol. The van der Waals surface area contributed by atoms with Gasteiger partial charge in [0.1, 0.15) is 11.0 Å². The summed E-state index contributed by atoms with van der Waals surface area (Å²) < 4.78 is 11.8. The molecule has 2 nitrogen and oxygen atoms in total. The van der Waals surface area contributed by atoms with Gasteiger partial charge in [0, 0.05) is 5.92 Å². The van der Waals surface area contributed by atoms with Gasteiger partial charge in [0.15, 0.2) is 0 Å². The van der Waals surface area contributed by atoms with Gasteiger partial charge in [-0.15, -0.1) is 0 Å². The lowest BCUT2D eigenvalue weighted by Crippen LogP contribution is -2.27. The van der Waals surface area contributed by atoms with E-state index in [-0.39, 0.29) is 0 Å². The van der Waals surface area contributed by atoms with Crippen LogP contribution in [0.1, 0.15) is 18.1 Å². The molecule has 0 aliphatic heterocycles. The van der Waals surface area contributed by atoms with Crippen molar-refractivity contribution in [1.82, 2.24) is 0 Å². The fourth-order valence-electron chi connectivity index (χ4n) is 4.48. The Hall–Kier alpha value is -2.66. The minimum atomic E-state index is -0.889. The zero-order valence-electron chi connectivity index (χ0n) is 19.1. The van der Waals surface area contributed by atoms with Gasteiger partial charge in [0.05, 0.1) is 20.4 Å². The molecular weight excluding hydrogens is 442 g/mol. The van der Waals surface area contributed by atoms with E-state index >= 15 is 0 Å². The van der Waals surface area contributed by atoms with Gasteiger partial charge in [0.2, 0.25) is 0 Å². The van der Waals surface area contributed by atoms with E-state index < -0.39 is 15.8 Å². The average molecular weight is 469 g/mol. The van der Waals surface area contributed by atoms with Gasteiger partial charge in [-0.25, -0.2) is 0 Å². The van der Waals surface area contributed by atoms with Gasteiger partial charge in [-0.3, -0.25) is 0 Å². The SMILES string of the molecule is Cc1ccccc1P(c1ccccc1C)[C@H](C)[C]1C=CC=C1P(c1ccco1)c1ccco1. The lowest BCUT2D eigenvalue weighted by Gasteiger charge is -2.33. The van der Waals surface area contributed by atoms with Gasteiger partial charge in [-0.2, -0.15) is 0 Å². The topological polar surface area (TPSA) is 26.3 Å². The third-order valence-electron chi connectivity index (χ3n) is 6.11. The van der Waals surface area contributed by atoms with E-state index in [1.54, 1.807) is 12.5 Å². The largest absolute Gasteiger partial charge is 0.464 e. The molecule has 5 rings (SSSR count). The summed E-state index contributed by atoms with van der Waals surface area (Å²) in [5.74, 6) is 1.38. The molecule has 0 unspecified atom stereocenters. The van der Waals surface area contributed by atoms with Crippen LogP contribution in [0.15, 0.2) is 118 Å². The van der Waals surface area contributed by atoms with Crippen LogP contribution in [0.3, 0.4) is 0 Å². The fourth-order valence-corrected chi connectivity index (χ4v) is 9.83. The Balaban J connectivity index is 1.59. The van der Waals surface area contributed by atoms with Crippen LogP contribution < -0.4 is 21.6 Å². The van der Waals surface area contributed by atoms with E-state index in [0.29, 0.717) is 5.66 Å². The first kappa shape index (κ1) is 22.1. The first-order valence-electron chi connectivity index (χ1n) is 11.2. The third kappa shape index (κ3) is 4.31. The number of rotatable bonds is 7. The van der Waals surface area contributed by atoms with Gasteiger partial charge >= 0.3 is 0 Å². The minimum Gasteiger partial charge on any atom is -0.464 e. The van der Waals surface area contributed by atoms with Crippen molar-refractivity contribution >= 4 is 37.5 Å². The highest BCUT2D eigenvalue weighted by Gasteiger charge is 2.37. The molecule has 4 heteroatoms. The first-order chi connectivity index (χ1) is 16.1. The molecule has 1 radical (unpaired) electrons. The Morgan fingerprint density at radius 3 is 1.73 bits per heavy atom. The van der Waals surface area contributed by atoms with Crippen molar-refractivity contribution < 1.29 is 8.83 Å². The van der Waals surface area contributed by atoms with Crippen LogP contribution in [0.5, 0.6) is 0 Å². The van der Waals surface area contributed by atoms with Crippen molar-refractivity contribution in [2.24, 2.45) is 0 Å². The highest BCUT2D eigenvalue weighted by molar-refractivity contribution is 7.77. The molecular formula is C29H27O2P2. The summed E-state index contributed by atoms with van der Waals surface area (Å²) in [6.45, 7) is 6.86. The van der Waals surface area contributed by atoms with Crippen LogP contribution >= 0.6 is 15.8 Å². The zero-order chi connectivity index (χ0) is 22.8. The van der Waals surface area contributed by atoms with Crippen LogP contribution in [0.25, 0.3) is 0 Å². The van der Waals surface area contributed by atoms with Crippen molar-refractivity contribution in [2.45, 2.75) is 26.4 Å². The summed E-state index contributed by atoms with van der Waals surface area (Å²) in [5.41, 5.74) is 4.98. The number of furan rings is 2. The number of allylic oxidation sites excluding steroid dienone is 4. The monoisotopic (exact) mass is 469 g/mol. The maximum atomic E-state index is 5.92. The summed E-state index contributed by atoms with van der Waals surface area (Å²) in [5, 5.41) is 4.21. The molecule has 2 heterocycles. The van der Waals surface area contributed by atoms with Gasteiger partial charge < -0.3 is 8.83 Å². The summed E-state index contributed by atoms with van der Waals surface area (Å²) in [4.78, 5) is 0. The fraction of sp³-hybridized carbons (Fsp3) is 0.138. The van der Waals surface area contributed by atoms with Gasteiger partial charge in [-0.05, 0) is 78.7 Å². The number of aryl methyl sites for hydroxylation is 2. The Labute approximate surface area is 198 Å². The zero-order valence-corrected chi connectivity index (χ0v) is 20.9. The predicted octanol–water partition coefficient (Wildman–Crippen LogP) is 6.47. The quantitative estimate of drug-likeness (QED) is 0.290. The van der Waals surface area contributed by atoms with E-state index in [1.807, 2.05) is 12.1 Å². The molecule has 1 atom stereocenters. The highest BCUT2D eigenvalue weighted by atomic mass is 31.1. The Morgan fingerprint density at radius 1 is 0.697 bits per heavy atom. The molecule has 0 saturated heterocycles. The van der Waals surface area contributed by atoms with Crippen LogP contribution in [-0.4, -0.2) is 5.66 Å². The van der Waals surface area contributed by atoms with Crippen molar-refractivity contribution in [3.63, 3.8) is 0 Å². The van der Waals surface area contributed by atoms with Crippen LogP contribution in [0.2, 0.25) is 0 Å².